The highest BCUT2D eigenvalue weighted by atomic mass is 32.2. The molecule has 0 N–H and O–H groups in total. The zero-order valence-electron chi connectivity index (χ0n) is 8.27. The maximum absolute atomic E-state index is 10.5. The van der Waals surface area contributed by atoms with Gasteiger partial charge in [0.2, 0.25) is 0 Å². The molecule has 0 unspecified atom stereocenters. The number of benzene rings is 1. The summed E-state index contributed by atoms with van der Waals surface area (Å²) in [4.78, 5) is 12.7. The molecule has 0 amide bonds. The molecule has 0 radical (unpaired) electrons. The maximum Gasteiger partial charge on any atom is 0.150 e. The van der Waals surface area contributed by atoms with Crippen LogP contribution in [-0.4, -0.2) is 6.29 Å². The van der Waals surface area contributed by atoms with Crippen molar-refractivity contribution in [2.24, 2.45) is 0 Å². The van der Waals surface area contributed by atoms with Crippen LogP contribution in [0.25, 0.3) is 0 Å². The van der Waals surface area contributed by atoms with E-state index in [1.807, 2.05) is 37.3 Å². The van der Waals surface area contributed by atoms with Crippen molar-refractivity contribution in [3.05, 3.63) is 47.9 Å². The number of hydrogen-bond donors (Lipinski definition) is 0. The van der Waals surface area contributed by atoms with Gasteiger partial charge in [0.25, 0.3) is 0 Å². The molecule has 0 saturated carbocycles. The highest BCUT2D eigenvalue weighted by Gasteiger charge is 2.03. The molecule has 0 bridgehead atoms. The molecule has 0 aliphatic rings. The van der Waals surface area contributed by atoms with Gasteiger partial charge in [0.15, 0.2) is 0 Å². The van der Waals surface area contributed by atoms with Crippen molar-refractivity contribution in [3.8, 4) is 0 Å². The Hall–Kier alpha value is -1.48. The van der Waals surface area contributed by atoms with Crippen molar-refractivity contribution in [2.45, 2.75) is 16.7 Å². The molecule has 0 atom stereocenters. The molecule has 1 aromatic heterocycles. The first-order valence-corrected chi connectivity index (χ1v) is 5.38. The molecule has 0 spiro atoms. The molecule has 1 heterocycles. The summed E-state index contributed by atoms with van der Waals surface area (Å²) in [5.41, 5.74) is 0.697. The molecule has 0 aliphatic heterocycles. The lowest BCUT2D eigenvalue weighted by Crippen LogP contribution is -1.78. The van der Waals surface area contributed by atoms with E-state index in [1.54, 1.807) is 18.0 Å². The molecule has 0 aliphatic carbocycles. The SMILES string of the molecule is Cc1occc1Sc1ccc(C=O)cc1. The second-order valence-corrected chi connectivity index (χ2v) is 4.25. The van der Waals surface area contributed by atoms with Gasteiger partial charge in [-0.3, -0.25) is 4.79 Å². The van der Waals surface area contributed by atoms with Crippen LogP contribution in [0.5, 0.6) is 0 Å². The fraction of sp³-hybridized carbons (Fsp3) is 0.0833. The van der Waals surface area contributed by atoms with E-state index >= 15 is 0 Å². The Kier molecular flexibility index (Phi) is 2.92. The molecule has 1 aromatic carbocycles. The lowest BCUT2D eigenvalue weighted by Gasteiger charge is -1.99. The molecule has 15 heavy (non-hydrogen) atoms. The lowest BCUT2D eigenvalue weighted by atomic mass is 10.2. The first-order valence-electron chi connectivity index (χ1n) is 4.57. The summed E-state index contributed by atoms with van der Waals surface area (Å²) < 4.78 is 5.20. The van der Waals surface area contributed by atoms with Gasteiger partial charge in [-0.25, -0.2) is 0 Å². The topological polar surface area (TPSA) is 30.2 Å². The maximum atomic E-state index is 10.5. The third-order valence-electron chi connectivity index (χ3n) is 2.06. The Labute approximate surface area is 92.3 Å². The molecular weight excluding hydrogens is 208 g/mol. The Morgan fingerprint density at radius 2 is 1.93 bits per heavy atom. The predicted octanol–water partition coefficient (Wildman–Crippen LogP) is 3.55. The van der Waals surface area contributed by atoms with Gasteiger partial charge in [0, 0.05) is 10.5 Å². The summed E-state index contributed by atoms with van der Waals surface area (Å²) in [6, 6.07) is 9.42. The minimum Gasteiger partial charge on any atom is -0.468 e. The number of aldehydes is 1. The minimum atomic E-state index is 0.697. The Morgan fingerprint density at radius 1 is 1.20 bits per heavy atom. The molecule has 76 valence electrons. The van der Waals surface area contributed by atoms with Crippen LogP contribution in [0.4, 0.5) is 0 Å². The summed E-state index contributed by atoms with van der Waals surface area (Å²) in [6.45, 7) is 1.93. The van der Waals surface area contributed by atoms with Gasteiger partial charge in [0.05, 0.1) is 11.2 Å². The largest absolute Gasteiger partial charge is 0.468 e. The highest BCUT2D eigenvalue weighted by molar-refractivity contribution is 7.99. The van der Waals surface area contributed by atoms with Crippen LogP contribution >= 0.6 is 11.8 Å². The van der Waals surface area contributed by atoms with Crippen molar-refractivity contribution >= 4 is 18.0 Å². The van der Waals surface area contributed by atoms with Gasteiger partial charge in [0.1, 0.15) is 12.0 Å². The average Bonchev–Trinajstić information content (AvgIpc) is 2.66. The van der Waals surface area contributed by atoms with E-state index in [2.05, 4.69) is 0 Å². The van der Waals surface area contributed by atoms with Crippen LogP contribution in [0.1, 0.15) is 16.1 Å². The number of hydrogen-bond acceptors (Lipinski definition) is 3. The van der Waals surface area contributed by atoms with E-state index in [4.69, 9.17) is 4.42 Å². The van der Waals surface area contributed by atoms with Gasteiger partial charge in [-0.2, -0.15) is 0 Å². The van der Waals surface area contributed by atoms with E-state index in [0.717, 1.165) is 21.8 Å². The summed E-state index contributed by atoms with van der Waals surface area (Å²) in [7, 11) is 0. The molecular formula is C12H10O2S. The fourth-order valence-corrected chi connectivity index (χ4v) is 2.06. The zero-order valence-corrected chi connectivity index (χ0v) is 9.08. The van der Waals surface area contributed by atoms with Crippen molar-refractivity contribution in [1.82, 2.24) is 0 Å². The first-order chi connectivity index (χ1) is 7.29. The third kappa shape index (κ3) is 2.30. The van der Waals surface area contributed by atoms with E-state index in [0.29, 0.717) is 5.56 Å². The van der Waals surface area contributed by atoms with Gasteiger partial charge < -0.3 is 4.42 Å². The van der Waals surface area contributed by atoms with Crippen LogP contribution in [0.2, 0.25) is 0 Å². The summed E-state index contributed by atoms with van der Waals surface area (Å²) in [5, 5.41) is 0. The molecule has 2 rings (SSSR count). The number of aryl methyl sites for hydroxylation is 1. The Balaban J connectivity index is 2.18. The standard InChI is InChI=1S/C12H10O2S/c1-9-12(6-7-14-9)15-11-4-2-10(8-13)3-5-11/h2-8H,1H3. The normalized spacial score (nSPS) is 10.2. The zero-order chi connectivity index (χ0) is 10.7. The van der Waals surface area contributed by atoms with Crippen LogP contribution in [0, 0.1) is 6.92 Å². The smallest absolute Gasteiger partial charge is 0.150 e. The Morgan fingerprint density at radius 3 is 2.47 bits per heavy atom. The molecule has 0 fully saturated rings. The average molecular weight is 218 g/mol. The van der Waals surface area contributed by atoms with Crippen molar-refractivity contribution in [1.29, 1.82) is 0 Å². The van der Waals surface area contributed by atoms with Crippen LogP contribution in [-0.2, 0) is 0 Å². The number of furan rings is 1. The van der Waals surface area contributed by atoms with E-state index in [9.17, 15) is 4.79 Å². The highest BCUT2D eigenvalue weighted by Crippen LogP contribution is 2.30. The van der Waals surface area contributed by atoms with E-state index in [-0.39, 0.29) is 0 Å². The third-order valence-corrected chi connectivity index (χ3v) is 3.21. The number of carbonyl (C=O) groups is 1. The predicted molar refractivity (Wildman–Crippen MR) is 59.4 cm³/mol. The van der Waals surface area contributed by atoms with E-state index in [1.165, 1.54) is 0 Å². The fourth-order valence-electron chi connectivity index (χ4n) is 1.22. The second kappa shape index (κ2) is 4.36. The first kappa shape index (κ1) is 10.1. The summed E-state index contributed by atoms with van der Waals surface area (Å²) in [5.74, 6) is 0.916. The van der Waals surface area contributed by atoms with Gasteiger partial charge in [-0.15, -0.1) is 0 Å². The molecule has 3 heteroatoms. The summed E-state index contributed by atoms with van der Waals surface area (Å²) >= 11 is 1.63. The van der Waals surface area contributed by atoms with Crippen molar-refractivity contribution in [3.63, 3.8) is 0 Å². The number of rotatable bonds is 3. The van der Waals surface area contributed by atoms with Crippen molar-refractivity contribution < 1.29 is 9.21 Å². The monoisotopic (exact) mass is 218 g/mol. The van der Waals surface area contributed by atoms with Crippen LogP contribution in [0.15, 0.2) is 50.8 Å². The molecule has 0 saturated heterocycles. The summed E-state index contributed by atoms with van der Waals surface area (Å²) in [6.07, 6.45) is 2.52. The number of carbonyl (C=O) groups excluding carboxylic acids is 1. The van der Waals surface area contributed by atoms with E-state index < -0.39 is 0 Å². The van der Waals surface area contributed by atoms with Gasteiger partial charge in [-0.05, 0) is 25.1 Å². The molecule has 2 nitrogen and oxygen atoms in total. The van der Waals surface area contributed by atoms with Crippen molar-refractivity contribution in [2.75, 3.05) is 0 Å². The van der Waals surface area contributed by atoms with Gasteiger partial charge in [-0.1, -0.05) is 23.9 Å². The Bertz CT molecular complexity index is 457. The minimum absolute atomic E-state index is 0.697. The molecule has 2 aromatic rings. The second-order valence-electron chi connectivity index (χ2n) is 3.13. The quantitative estimate of drug-likeness (QED) is 0.738. The van der Waals surface area contributed by atoms with Crippen LogP contribution in [0.3, 0.4) is 0 Å². The van der Waals surface area contributed by atoms with Crippen LogP contribution < -0.4 is 0 Å². The lowest BCUT2D eigenvalue weighted by molar-refractivity contribution is 0.112. The van der Waals surface area contributed by atoms with Gasteiger partial charge >= 0.3 is 0 Å².